The molecule has 27 heavy (non-hydrogen) atoms. The smallest absolute Gasteiger partial charge is 0.0346 e. The normalized spacial score (nSPS) is 8.37. The Hall–Kier alpha value is -2.27. The van der Waals surface area contributed by atoms with E-state index in [0.717, 1.165) is 0 Å². The third kappa shape index (κ3) is 9.85. The van der Waals surface area contributed by atoms with Gasteiger partial charge in [0.25, 0.3) is 0 Å². The van der Waals surface area contributed by atoms with Crippen LogP contribution >= 0.6 is 18.8 Å². The summed E-state index contributed by atoms with van der Waals surface area (Å²) in [5, 5.41) is 4.89. The number of rotatable bonds is 0. The largest absolute Gasteiger partial charge is 0.577 e. The molecule has 9 heteroatoms. The van der Waals surface area contributed by atoms with Gasteiger partial charge in [-0.2, -0.15) is 0 Å². The van der Waals surface area contributed by atoms with Crippen molar-refractivity contribution in [2.75, 3.05) is 0 Å². The molecular weight excluding hydrogens is 471 g/mol. The van der Waals surface area contributed by atoms with Crippen molar-refractivity contribution in [2.45, 2.75) is 0 Å². The van der Waals surface area contributed by atoms with Gasteiger partial charge in [-0.05, 0) is 33.7 Å². The first-order valence-electron chi connectivity index (χ1n) is 7.18. The first-order valence-corrected chi connectivity index (χ1v) is 12.4. The average molecular weight is 485 g/mol. The van der Waals surface area contributed by atoms with Gasteiger partial charge >= 0.3 is 35.3 Å². The summed E-state index contributed by atoms with van der Waals surface area (Å²) in [6, 6.07) is 20.4. The fourth-order valence-corrected chi connectivity index (χ4v) is 2.05. The SMILES string of the molecule is [Cl][Mo][Cl].[N-]=O.[N-]=O.c1ccc2cnccc2c1.c1ccc2cnccc2c1. The van der Waals surface area contributed by atoms with Crippen LogP contribution in [0.2, 0.25) is 0 Å². The minimum atomic E-state index is -0.586. The van der Waals surface area contributed by atoms with E-state index < -0.39 is 16.5 Å². The third-order valence-electron chi connectivity index (χ3n) is 3.10. The number of hydrogen-bond acceptors (Lipinski definition) is 4. The molecule has 0 bridgehead atoms. The zero-order valence-corrected chi connectivity index (χ0v) is 17.4. The Bertz CT molecular complexity index is 698. The monoisotopic (exact) mass is 486 g/mol. The number of nitrogens with zero attached hydrogens (tertiary/aromatic N) is 4. The first-order chi connectivity index (χ1) is 13.3. The van der Waals surface area contributed by atoms with Gasteiger partial charge in [-0.25, -0.2) is 0 Å². The molecule has 0 radical (unpaired) electrons. The molecule has 0 aliphatic rings. The quantitative estimate of drug-likeness (QED) is 0.266. The summed E-state index contributed by atoms with van der Waals surface area (Å²) in [4.78, 5) is 22.5. The molecule has 0 aliphatic carbocycles. The first kappa shape index (κ1) is 24.7. The van der Waals surface area contributed by atoms with Gasteiger partial charge in [0.2, 0.25) is 0 Å². The molecule has 0 unspecified atom stereocenters. The van der Waals surface area contributed by atoms with E-state index in [-0.39, 0.29) is 0 Å². The van der Waals surface area contributed by atoms with Gasteiger partial charge in [-0.15, -0.1) is 0 Å². The molecule has 6 nitrogen and oxygen atoms in total. The number of benzene rings is 2. The predicted octanol–water partition coefficient (Wildman–Crippen LogP) is 6.49. The van der Waals surface area contributed by atoms with E-state index in [1.807, 2.05) is 61.2 Å². The van der Waals surface area contributed by atoms with E-state index in [4.69, 9.17) is 39.8 Å². The molecule has 0 saturated carbocycles. The number of nitroso groups, excluding NO2 is 2. The van der Waals surface area contributed by atoms with Crippen LogP contribution < -0.4 is 0 Å². The Balaban J connectivity index is 0.000000379. The molecule has 2 aromatic carbocycles. The molecule has 4 aromatic rings. The number of halogens is 2. The molecule has 0 spiro atoms. The summed E-state index contributed by atoms with van der Waals surface area (Å²) < 4.78 is 0. The maximum absolute atomic E-state index is 7.25. The van der Waals surface area contributed by atoms with Crippen LogP contribution in [0.15, 0.2) is 85.5 Å². The van der Waals surface area contributed by atoms with Gasteiger partial charge < -0.3 is 21.0 Å². The van der Waals surface area contributed by atoms with Crippen LogP contribution in [0.1, 0.15) is 0 Å². The van der Waals surface area contributed by atoms with Crippen molar-refractivity contribution in [3.05, 3.63) is 106 Å². The Kier molecular flexibility index (Phi) is 15.7. The van der Waals surface area contributed by atoms with Gasteiger partial charge in [0.15, 0.2) is 0 Å². The maximum Gasteiger partial charge on any atom is 0.0346 e. The molecular formula is C18H14Cl2MoN4O2-2. The van der Waals surface area contributed by atoms with Crippen LogP contribution in [-0.2, 0) is 16.5 Å². The Labute approximate surface area is 172 Å². The maximum atomic E-state index is 7.25. The van der Waals surface area contributed by atoms with Crippen LogP contribution in [0.5, 0.6) is 0 Å². The number of aromatic nitrogens is 2. The number of fused-ring (bicyclic) bond motifs is 2. The molecule has 0 atom stereocenters. The van der Waals surface area contributed by atoms with Crippen molar-refractivity contribution >= 4 is 40.4 Å². The zero-order valence-electron chi connectivity index (χ0n) is 13.9. The molecule has 0 amide bonds. The summed E-state index contributed by atoms with van der Waals surface area (Å²) in [6.07, 6.45) is 7.36. The van der Waals surface area contributed by atoms with Crippen molar-refractivity contribution in [1.82, 2.24) is 9.97 Å². The minimum Gasteiger partial charge on any atom is -0.577 e. The van der Waals surface area contributed by atoms with Crippen LogP contribution in [0, 0.1) is 9.81 Å². The van der Waals surface area contributed by atoms with Gasteiger partial charge in [0, 0.05) is 24.8 Å². The van der Waals surface area contributed by atoms with Crippen molar-refractivity contribution < 1.29 is 16.5 Å². The second-order valence-electron chi connectivity index (χ2n) is 4.50. The van der Waals surface area contributed by atoms with E-state index in [2.05, 4.69) is 34.2 Å². The van der Waals surface area contributed by atoms with E-state index in [1.165, 1.54) is 21.5 Å². The fourth-order valence-electron chi connectivity index (χ4n) is 2.05. The van der Waals surface area contributed by atoms with E-state index in [1.54, 1.807) is 0 Å². The summed E-state index contributed by atoms with van der Waals surface area (Å²) >= 11 is -0.586. The van der Waals surface area contributed by atoms with E-state index in [0.29, 0.717) is 0 Å². The summed E-state index contributed by atoms with van der Waals surface area (Å²) in [5.41, 5.74) is 11.5. The second-order valence-corrected chi connectivity index (χ2v) is 7.55. The van der Waals surface area contributed by atoms with Crippen LogP contribution in [0.3, 0.4) is 0 Å². The summed E-state index contributed by atoms with van der Waals surface area (Å²) in [6.45, 7) is 0. The van der Waals surface area contributed by atoms with Crippen molar-refractivity contribution in [2.24, 2.45) is 0 Å². The van der Waals surface area contributed by atoms with Crippen molar-refractivity contribution in [3.8, 4) is 0 Å². The van der Waals surface area contributed by atoms with Crippen molar-refractivity contribution in [3.63, 3.8) is 0 Å². The molecule has 0 fully saturated rings. The standard InChI is InChI=1S/2C9H7N.2ClH.Mo.2NO/c2*1-2-4-9-7-10-6-5-8(9)3-1;;;;2*1-2/h2*1-7H;2*1H;;;/q;;;;+2;2*-1/p-2. The topological polar surface area (TPSA) is 105 Å². The Morgan fingerprint density at radius 1 is 0.593 bits per heavy atom. The molecule has 4 rings (SSSR count). The van der Waals surface area contributed by atoms with Crippen LogP contribution in [-0.4, -0.2) is 9.97 Å². The predicted molar refractivity (Wildman–Crippen MR) is 109 cm³/mol. The summed E-state index contributed by atoms with van der Waals surface area (Å²) in [5.74, 6) is 0. The van der Waals surface area contributed by atoms with E-state index in [9.17, 15) is 0 Å². The molecule has 0 aliphatic heterocycles. The van der Waals surface area contributed by atoms with E-state index >= 15 is 0 Å². The van der Waals surface area contributed by atoms with Gasteiger partial charge in [0.1, 0.15) is 0 Å². The molecule has 0 N–H and O–H groups in total. The van der Waals surface area contributed by atoms with Gasteiger partial charge in [0.05, 0.1) is 0 Å². The average Bonchev–Trinajstić information content (AvgIpc) is 2.78. The molecule has 2 heterocycles. The van der Waals surface area contributed by atoms with Crippen molar-refractivity contribution in [1.29, 1.82) is 0 Å². The molecule has 2 aromatic heterocycles. The Morgan fingerprint density at radius 2 is 0.889 bits per heavy atom. The molecule has 140 valence electrons. The third-order valence-corrected chi connectivity index (χ3v) is 3.10. The second kappa shape index (κ2) is 17.2. The van der Waals surface area contributed by atoms with Crippen LogP contribution in [0.4, 0.5) is 0 Å². The fraction of sp³-hybridized carbons (Fsp3) is 0. The summed E-state index contributed by atoms with van der Waals surface area (Å²) in [7, 11) is 9.79. The number of pyridine rings is 2. The van der Waals surface area contributed by atoms with Gasteiger partial charge in [-0.1, -0.05) is 48.5 Å². The van der Waals surface area contributed by atoms with Crippen LogP contribution in [0.25, 0.3) is 32.7 Å². The Morgan fingerprint density at radius 3 is 1.19 bits per heavy atom. The van der Waals surface area contributed by atoms with Gasteiger partial charge in [-0.3, -0.25) is 9.97 Å². The minimum absolute atomic E-state index is 0.586. The number of hydrogen-bond donors (Lipinski definition) is 0. The molecule has 0 saturated heterocycles. The zero-order chi connectivity index (χ0) is 20.3.